The highest BCUT2D eigenvalue weighted by atomic mass is 19.4. The summed E-state index contributed by atoms with van der Waals surface area (Å²) in [4.78, 5) is 2.40. The number of nitrogens with zero attached hydrogens (tertiary/aromatic N) is 3. The first-order valence-electron chi connectivity index (χ1n) is 5.51. The minimum Gasteiger partial charge on any atom is -0.390 e. The molecule has 1 rings (SSSR count). The summed E-state index contributed by atoms with van der Waals surface area (Å²) in [7, 11) is 0. The lowest BCUT2D eigenvalue weighted by molar-refractivity contribution is -0.142. The SMILES string of the molecule is [N-]=[N+]=NCCC(O)C(O)c1cccc(F)c1C(F)(F)F. The van der Waals surface area contributed by atoms with Crippen molar-refractivity contribution in [3.8, 4) is 0 Å². The molecule has 0 saturated heterocycles. The van der Waals surface area contributed by atoms with Crippen molar-refractivity contribution in [3.63, 3.8) is 0 Å². The highest BCUT2D eigenvalue weighted by Crippen LogP contribution is 2.37. The van der Waals surface area contributed by atoms with Crippen LogP contribution in [0, 0.1) is 5.82 Å². The molecule has 0 heterocycles. The summed E-state index contributed by atoms with van der Waals surface area (Å²) in [6.07, 6.45) is -8.79. The lowest BCUT2D eigenvalue weighted by Crippen LogP contribution is -2.23. The number of hydrogen-bond donors (Lipinski definition) is 2. The van der Waals surface area contributed by atoms with Crippen LogP contribution in [0.5, 0.6) is 0 Å². The summed E-state index contributed by atoms with van der Waals surface area (Å²) in [5.41, 5.74) is 5.66. The van der Waals surface area contributed by atoms with Crippen LogP contribution in [-0.2, 0) is 6.18 Å². The largest absolute Gasteiger partial charge is 0.419 e. The monoisotopic (exact) mass is 293 g/mol. The van der Waals surface area contributed by atoms with E-state index in [4.69, 9.17) is 5.53 Å². The van der Waals surface area contributed by atoms with Crippen LogP contribution in [0.1, 0.15) is 23.7 Å². The molecular formula is C11H11F4N3O2. The zero-order chi connectivity index (χ0) is 15.3. The van der Waals surface area contributed by atoms with Gasteiger partial charge >= 0.3 is 6.18 Å². The van der Waals surface area contributed by atoms with E-state index >= 15 is 0 Å². The fourth-order valence-electron chi connectivity index (χ4n) is 1.69. The standard InChI is InChI=1S/C11H11F4N3O2/c12-7-3-1-2-6(9(7)11(13,14)15)10(20)8(19)4-5-17-18-16/h1-3,8,10,19-20H,4-5H2. The van der Waals surface area contributed by atoms with Gasteiger partial charge in [-0.25, -0.2) is 4.39 Å². The van der Waals surface area contributed by atoms with Gasteiger partial charge < -0.3 is 10.2 Å². The summed E-state index contributed by atoms with van der Waals surface area (Å²) in [6.45, 7) is -0.203. The summed E-state index contributed by atoms with van der Waals surface area (Å²) >= 11 is 0. The minimum absolute atomic E-state index is 0.203. The molecular weight excluding hydrogens is 282 g/mol. The summed E-state index contributed by atoms with van der Waals surface area (Å²) < 4.78 is 51.5. The quantitative estimate of drug-likeness (QED) is 0.378. The number of aliphatic hydroxyl groups excluding tert-OH is 2. The maximum atomic E-state index is 13.3. The zero-order valence-corrected chi connectivity index (χ0v) is 10.0. The van der Waals surface area contributed by atoms with E-state index in [2.05, 4.69) is 10.0 Å². The van der Waals surface area contributed by atoms with Gasteiger partial charge in [0.05, 0.1) is 11.7 Å². The third-order valence-electron chi connectivity index (χ3n) is 2.60. The molecule has 2 N–H and O–H groups in total. The Bertz CT molecular complexity index is 515. The second-order valence-corrected chi connectivity index (χ2v) is 3.96. The maximum absolute atomic E-state index is 13.3. The van der Waals surface area contributed by atoms with Gasteiger partial charge in [0.15, 0.2) is 0 Å². The summed E-state index contributed by atoms with van der Waals surface area (Å²) in [6, 6.07) is 2.50. The second-order valence-electron chi connectivity index (χ2n) is 3.96. The second kappa shape index (κ2) is 6.56. The van der Waals surface area contributed by atoms with Gasteiger partial charge in [0.1, 0.15) is 11.9 Å². The molecule has 0 aliphatic rings. The first-order chi connectivity index (χ1) is 9.29. The normalized spacial score (nSPS) is 14.5. The molecule has 0 saturated carbocycles. The lowest BCUT2D eigenvalue weighted by atomic mass is 9.96. The first-order valence-corrected chi connectivity index (χ1v) is 5.51. The van der Waals surface area contributed by atoms with Gasteiger partial charge in [-0.15, -0.1) is 0 Å². The van der Waals surface area contributed by atoms with Crippen LogP contribution in [0.4, 0.5) is 17.6 Å². The molecule has 1 aromatic carbocycles. The number of benzene rings is 1. The minimum atomic E-state index is -4.99. The topological polar surface area (TPSA) is 89.2 Å². The zero-order valence-electron chi connectivity index (χ0n) is 10.0. The molecule has 0 aromatic heterocycles. The molecule has 2 unspecified atom stereocenters. The molecule has 0 radical (unpaired) electrons. The van der Waals surface area contributed by atoms with Crippen molar-refractivity contribution in [2.24, 2.45) is 5.11 Å². The van der Waals surface area contributed by atoms with Crippen molar-refractivity contribution in [2.45, 2.75) is 24.8 Å². The number of azide groups is 1. The van der Waals surface area contributed by atoms with Crippen molar-refractivity contribution in [1.29, 1.82) is 0 Å². The molecule has 0 fully saturated rings. The average Bonchev–Trinajstić information content (AvgIpc) is 2.36. The van der Waals surface area contributed by atoms with Crippen LogP contribution in [0.15, 0.2) is 23.3 Å². The van der Waals surface area contributed by atoms with Gasteiger partial charge in [-0.1, -0.05) is 17.2 Å². The van der Waals surface area contributed by atoms with Crippen molar-refractivity contribution in [3.05, 3.63) is 45.6 Å². The Morgan fingerprint density at radius 1 is 1.30 bits per heavy atom. The highest BCUT2D eigenvalue weighted by Gasteiger charge is 2.39. The Kier molecular flexibility index (Phi) is 5.32. The Hall–Kier alpha value is -1.83. The molecule has 20 heavy (non-hydrogen) atoms. The van der Waals surface area contributed by atoms with Gasteiger partial charge in [0.25, 0.3) is 0 Å². The van der Waals surface area contributed by atoms with Crippen molar-refractivity contribution in [2.75, 3.05) is 6.54 Å². The Morgan fingerprint density at radius 2 is 1.95 bits per heavy atom. The predicted octanol–water partition coefficient (Wildman–Crippen LogP) is 2.94. The molecule has 1 aromatic rings. The van der Waals surface area contributed by atoms with Crippen LogP contribution in [0.25, 0.3) is 10.4 Å². The Morgan fingerprint density at radius 3 is 2.50 bits per heavy atom. The van der Waals surface area contributed by atoms with E-state index in [1.807, 2.05) is 0 Å². The molecule has 110 valence electrons. The van der Waals surface area contributed by atoms with Crippen LogP contribution in [-0.4, -0.2) is 22.9 Å². The van der Waals surface area contributed by atoms with Gasteiger partial charge in [0, 0.05) is 11.5 Å². The number of halogens is 4. The van der Waals surface area contributed by atoms with Crippen molar-refractivity contribution < 1.29 is 27.8 Å². The van der Waals surface area contributed by atoms with E-state index in [1.54, 1.807) is 0 Å². The van der Waals surface area contributed by atoms with Gasteiger partial charge in [0.2, 0.25) is 0 Å². The number of rotatable bonds is 5. The van der Waals surface area contributed by atoms with Gasteiger partial charge in [-0.2, -0.15) is 13.2 Å². The Balaban J connectivity index is 3.06. The molecule has 9 heteroatoms. The highest BCUT2D eigenvalue weighted by molar-refractivity contribution is 5.33. The fraction of sp³-hybridized carbons (Fsp3) is 0.455. The number of hydrogen-bond acceptors (Lipinski definition) is 3. The smallest absolute Gasteiger partial charge is 0.390 e. The number of alkyl halides is 3. The van der Waals surface area contributed by atoms with Gasteiger partial charge in [-0.3, -0.25) is 0 Å². The molecule has 0 aliphatic carbocycles. The molecule has 5 nitrogen and oxygen atoms in total. The lowest BCUT2D eigenvalue weighted by Gasteiger charge is -2.21. The van der Waals surface area contributed by atoms with E-state index < -0.39 is 35.3 Å². The van der Waals surface area contributed by atoms with E-state index in [1.165, 1.54) is 0 Å². The van der Waals surface area contributed by atoms with Crippen LogP contribution in [0.2, 0.25) is 0 Å². The molecule has 0 bridgehead atoms. The fourth-order valence-corrected chi connectivity index (χ4v) is 1.69. The average molecular weight is 293 g/mol. The maximum Gasteiger partial charge on any atom is 0.419 e. The molecule has 0 aliphatic heterocycles. The van der Waals surface area contributed by atoms with Gasteiger partial charge in [-0.05, 0) is 23.6 Å². The molecule has 2 atom stereocenters. The van der Waals surface area contributed by atoms with E-state index in [-0.39, 0.29) is 13.0 Å². The van der Waals surface area contributed by atoms with Crippen molar-refractivity contribution >= 4 is 0 Å². The third kappa shape index (κ3) is 3.83. The van der Waals surface area contributed by atoms with E-state index in [0.717, 1.165) is 12.1 Å². The van der Waals surface area contributed by atoms with E-state index in [0.29, 0.717) is 6.07 Å². The van der Waals surface area contributed by atoms with E-state index in [9.17, 15) is 27.8 Å². The molecule has 0 spiro atoms. The first kappa shape index (κ1) is 16.2. The van der Waals surface area contributed by atoms with Crippen LogP contribution >= 0.6 is 0 Å². The Labute approximate surface area is 111 Å². The predicted molar refractivity (Wildman–Crippen MR) is 61.0 cm³/mol. The van der Waals surface area contributed by atoms with Crippen molar-refractivity contribution in [1.82, 2.24) is 0 Å². The summed E-state index contributed by atoms with van der Waals surface area (Å²) in [5.74, 6) is -1.53. The summed E-state index contributed by atoms with van der Waals surface area (Å²) in [5, 5.41) is 22.4. The third-order valence-corrected chi connectivity index (χ3v) is 2.60. The van der Waals surface area contributed by atoms with Crippen LogP contribution in [0.3, 0.4) is 0 Å². The number of aliphatic hydroxyl groups is 2. The van der Waals surface area contributed by atoms with Crippen LogP contribution < -0.4 is 0 Å². The molecule has 0 amide bonds.